The Hall–Kier alpha value is -2.05. The third-order valence-electron chi connectivity index (χ3n) is 2.82. The molecule has 0 aliphatic carbocycles. The van der Waals surface area contributed by atoms with E-state index in [-0.39, 0.29) is 0 Å². The number of ether oxygens (including phenoxy) is 1. The Balaban J connectivity index is 2.36. The van der Waals surface area contributed by atoms with Crippen LogP contribution in [0.4, 0.5) is 4.79 Å². The Morgan fingerprint density at radius 2 is 1.90 bits per heavy atom. The highest BCUT2D eigenvalue weighted by atomic mass is 16.6. The molecule has 0 saturated carbocycles. The summed E-state index contributed by atoms with van der Waals surface area (Å²) in [5, 5.41) is 18.5. The molecular formula is C15H18BNO4. The second-order valence-electron chi connectivity index (χ2n) is 5.74. The van der Waals surface area contributed by atoms with Crippen LogP contribution < -0.4 is 5.46 Å². The molecule has 6 heteroatoms. The topological polar surface area (TPSA) is 71.7 Å². The molecule has 1 aromatic carbocycles. The van der Waals surface area contributed by atoms with E-state index in [0.29, 0.717) is 16.7 Å². The molecule has 5 nitrogen and oxygen atoms in total. The predicted octanol–water partition coefficient (Wildman–Crippen LogP) is 1.62. The van der Waals surface area contributed by atoms with E-state index >= 15 is 0 Å². The normalized spacial score (nSPS) is 11.3. The van der Waals surface area contributed by atoms with Crippen molar-refractivity contribution in [1.29, 1.82) is 0 Å². The average molecular weight is 287 g/mol. The van der Waals surface area contributed by atoms with Gasteiger partial charge in [0.1, 0.15) is 5.60 Å². The smallest absolute Gasteiger partial charge is 0.443 e. The van der Waals surface area contributed by atoms with Gasteiger partial charge >= 0.3 is 13.2 Å². The maximum absolute atomic E-state index is 12.2. The van der Waals surface area contributed by atoms with Crippen molar-refractivity contribution in [1.82, 2.24) is 4.57 Å². The third kappa shape index (κ3) is 3.74. The number of carbonyl (C=O) groups is 1. The summed E-state index contributed by atoms with van der Waals surface area (Å²) in [4.78, 5) is 12.2. The van der Waals surface area contributed by atoms with Crippen LogP contribution in [-0.2, 0) is 4.74 Å². The number of aromatic nitrogens is 1. The second-order valence-corrected chi connectivity index (χ2v) is 5.74. The van der Waals surface area contributed by atoms with Crippen molar-refractivity contribution in [3.05, 3.63) is 42.6 Å². The van der Waals surface area contributed by atoms with E-state index in [0.717, 1.165) is 0 Å². The van der Waals surface area contributed by atoms with Crippen molar-refractivity contribution in [2.24, 2.45) is 0 Å². The molecule has 0 unspecified atom stereocenters. The van der Waals surface area contributed by atoms with Crippen molar-refractivity contribution in [3.63, 3.8) is 0 Å². The van der Waals surface area contributed by atoms with Crippen molar-refractivity contribution in [2.75, 3.05) is 0 Å². The number of rotatable bonds is 2. The van der Waals surface area contributed by atoms with Crippen LogP contribution in [0.15, 0.2) is 42.6 Å². The van der Waals surface area contributed by atoms with Crippen LogP contribution in [0.2, 0.25) is 0 Å². The molecule has 2 rings (SSSR count). The molecule has 0 fully saturated rings. The van der Waals surface area contributed by atoms with Crippen LogP contribution in [-0.4, -0.2) is 33.4 Å². The molecule has 110 valence electrons. The molecule has 1 aromatic heterocycles. The minimum absolute atomic E-state index is 0.365. The molecule has 1 heterocycles. The first-order chi connectivity index (χ1) is 9.78. The van der Waals surface area contributed by atoms with Gasteiger partial charge in [-0.25, -0.2) is 4.79 Å². The first kappa shape index (κ1) is 15.3. The van der Waals surface area contributed by atoms with Crippen LogP contribution in [0.3, 0.4) is 0 Å². The zero-order valence-corrected chi connectivity index (χ0v) is 12.3. The van der Waals surface area contributed by atoms with Gasteiger partial charge in [-0.1, -0.05) is 24.3 Å². The van der Waals surface area contributed by atoms with Gasteiger partial charge in [0, 0.05) is 6.20 Å². The molecule has 0 aliphatic rings. The van der Waals surface area contributed by atoms with Crippen LogP contribution in [0.5, 0.6) is 0 Å². The minimum atomic E-state index is -1.55. The van der Waals surface area contributed by atoms with Gasteiger partial charge in [-0.15, -0.1) is 0 Å². The van der Waals surface area contributed by atoms with Crippen LogP contribution in [0.25, 0.3) is 11.3 Å². The van der Waals surface area contributed by atoms with Crippen molar-refractivity contribution in [2.45, 2.75) is 26.4 Å². The summed E-state index contributed by atoms with van der Waals surface area (Å²) in [7, 11) is -1.55. The summed E-state index contributed by atoms with van der Waals surface area (Å²) in [6.45, 7) is 5.41. The predicted molar refractivity (Wildman–Crippen MR) is 81.3 cm³/mol. The maximum atomic E-state index is 12.2. The van der Waals surface area contributed by atoms with Gasteiger partial charge in [0.05, 0.1) is 5.69 Å². The van der Waals surface area contributed by atoms with E-state index in [1.165, 1.54) is 4.57 Å². The first-order valence-electron chi connectivity index (χ1n) is 6.65. The summed E-state index contributed by atoms with van der Waals surface area (Å²) in [6.07, 6.45) is 1.14. The lowest BCUT2D eigenvalue weighted by atomic mass is 9.79. The zero-order chi connectivity index (χ0) is 15.6. The average Bonchev–Trinajstić information content (AvgIpc) is 2.86. The third-order valence-corrected chi connectivity index (χ3v) is 2.82. The van der Waals surface area contributed by atoms with E-state index in [4.69, 9.17) is 4.74 Å². The number of hydrogen-bond donors (Lipinski definition) is 2. The lowest BCUT2D eigenvalue weighted by Crippen LogP contribution is -2.30. The highest BCUT2D eigenvalue weighted by molar-refractivity contribution is 6.58. The molecule has 0 atom stereocenters. The van der Waals surface area contributed by atoms with E-state index in [2.05, 4.69) is 0 Å². The van der Waals surface area contributed by atoms with Gasteiger partial charge in [-0.3, -0.25) is 4.57 Å². The van der Waals surface area contributed by atoms with Gasteiger partial charge in [-0.2, -0.15) is 0 Å². The highest BCUT2D eigenvalue weighted by Gasteiger charge is 2.20. The number of benzene rings is 1. The largest absolute Gasteiger partial charge is 0.488 e. The fourth-order valence-corrected chi connectivity index (χ4v) is 1.95. The maximum Gasteiger partial charge on any atom is 0.488 e. The molecule has 0 spiro atoms. The van der Waals surface area contributed by atoms with Gasteiger partial charge in [0.25, 0.3) is 0 Å². The molecule has 21 heavy (non-hydrogen) atoms. The van der Waals surface area contributed by atoms with Crippen LogP contribution in [0.1, 0.15) is 20.8 Å². The molecule has 0 radical (unpaired) electrons. The molecular weight excluding hydrogens is 269 g/mol. The summed E-state index contributed by atoms with van der Waals surface area (Å²) in [5.41, 5.74) is 1.12. The molecule has 0 aliphatic heterocycles. The fourth-order valence-electron chi connectivity index (χ4n) is 1.95. The lowest BCUT2D eigenvalue weighted by Gasteiger charge is -2.20. The monoisotopic (exact) mass is 287 g/mol. The molecule has 0 saturated heterocycles. The number of hydrogen-bond acceptors (Lipinski definition) is 4. The summed E-state index contributed by atoms with van der Waals surface area (Å²) >= 11 is 0. The second kappa shape index (κ2) is 5.75. The Kier molecular flexibility index (Phi) is 4.20. The quantitative estimate of drug-likeness (QED) is 0.823. The van der Waals surface area contributed by atoms with Gasteiger partial charge < -0.3 is 14.8 Å². The lowest BCUT2D eigenvalue weighted by molar-refractivity contribution is 0.0540. The van der Waals surface area contributed by atoms with Crippen molar-refractivity contribution < 1.29 is 19.6 Å². The zero-order valence-electron chi connectivity index (χ0n) is 12.3. The summed E-state index contributed by atoms with van der Waals surface area (Å²) < 4.78 is 6.74. The van der Waals surface area contributed by atoms with E-state index in [1.807, 2.05) is 0 Å². The number of nitrogens with zero attached hydrogens (tertiary/aromatic N) is 1. The van der Waals surface area contributed by atoms with E-state index in [9.17, 15) is 14.8 Å². The van der Waals surface area contributed by atoms with Gasteiger partial charge in [0.15, 0.2) is 0 Å². The molecule has 0 bridgehead atoms. The molecule has 0 amide bonds. The van der Waals surface area contributed by atoms with Crippen molar-refractivity contribution >= 4 is 18.7 Å². The summed E-state index contributed by atoms with van der Waals surface area (Å²) in [6, 6.07) is 10.2. The summed E-state index contributed by atoms with van der Waals surface area (Å²) in [5.74, 6) is 0. The Morgan fingerprint density at radius 3 is 2.52 bits per heavy atom. The van der Waals surface area contributed by atoms with Gasteiger partial charge in [0.2, 0.25) is 0 Å². The van der Waals surface area contributed by atoms with E-state index < -0.39 is 18.8 Å². The first-order valence-corrected chi connectivity index (χ1v) is 6.65. The van der Waals surface area contributed by atoms with Crippen LogP contribution >= 0.6 is 0 Å². The standard InChI is InChI=1S/C15H18BNO4/c1-15(2,3)21-14(18)17-9-5-8-13(17)11-6-4-7-12(10-11)16(19)20/h4-10,19-20H,1-3H3. The molecule has 2 N–H and O–H groups in total. The SMILES string of the molecule is CC(C)(C)OC(=O)n1cccc1-c1cccc(B(O)O)c1. The minimum Gasteiger partial charge on any atom is -0.443 e. The molecule has 2 aromatic rings. The van der Waals surface area contributed by atoms with Crippen molar-refractivity contribution in [3.8, 4) is 11.3 Å². The van der Waals surface area contributed by atoms with Crippen LogP contribution in [0, 0.1) is 0 Å². The Morgan fingerprint density at radius 1 is 1.19 bits per heavy atom. The fraction of sp³-hybridized carbons (Fsp3) is 0.267. The Bertz CT molecular complexity index is 643. The number of carbonyl (C=O) groups excluding carboxylic acids is 1. The van der Waals surface area contributed by atoms with E-state index in [1.54, 1.807) is 63.4 Å². The Labute approximate surface area is 123 Å². The van der Waals surface area contributed by atoms with Gasteiger partial charge in [-0.05, 0) is 43.9 Å². The highest BCUT2D eigenvalue weighted by Crippen LogP contribution is 2.20.